The second-order valence-corrected chi connectivity index (χ2v) is 4.22. The molecule has 5 nitrogen and oxygen atoms in total. The number of primary amides is 1. The van der Waals surface area contributed by atoms with Gasteiger partial charge in [-0.3, -0.25) is 9.78 Å². The maximum Gasteiger partial charge on any atom is 0.267 e. The first-order valence-corrected chi connectivity index (χ1v) is 5.67. The molecule has 0 saturated carbocycles. The molecule has 0 spiro atoms. The first-order valence-electron chi connectivity index (χ1n) is 5.67. The molecule has 1 fully saturated rings. The smallest absolute Gasteiger partial charge is 0.267 e. The minimum atomic E-state index is -0.519. The van der Waals surface area contributed by atoms with E-state index in [1.807, 2.05) is 6.07 Å². The Morgan fingerprint density at radius 2 is 2.18 bits per heavy atom. The fraction of sp³-hybridized carbons (Fsp3) is 0.417. The summed E-state index contributed by atoms with van der Waals surface area (Å²) in [7, 11) is 0. The molecule has 5 heteroatoms. The first kappa shape index (κ1) is 11.6. The van der Waals surface area contributed by atoms with Gasteiger partial charge in [0.2, 0.25) is 0 Å². The molecular formula is C12H15N3O2. The van der Waals surface area contributed by atoms with Gasteiger partial charge in [0.15, 0.2) is 0 Å². The van der Waals surface area contributed by atoms with Gasteiger partial charge < -0.3 is 15.4 Å². The summed E-state index contributed by atoms with van der Waals surface area (Å²) in [6.45, 7) is 1.65. The topological polar surface area (TPSA) is 76.3 Å². The normalized spacial score (nSPS) is 16.8. The van der Waals surface area contributed by atoms with Crippen molar-refractivity contribution < 1.29 is 9.59 Å². The molecular weight excluding hydrogens is 218 g/mol. The summed E-state index contributed by atoms with van der Waals surface area (Å²) in [5.74, 6) is -0.349. The minimum Gasteiger partial charge on any atom is -0.371 e. The number of carbonyl (C=O) groups is 2. The van der Waals surface area contributed by atoms with Gasteiger partial charge in [-0.25, -0.2) is 0 Å². The van der Waals surface area contributed by atoms with Crippen LogP contribution in [-0.2, 0) is 4.79 Å². The van der Waals surface area contributed by atoms with E-state index in [0.29, 0.717) is 0 Å². The third kappa shape index (κ3) is 2.61. The van der Waals surface area contributed by atoms with Crippen molar-refractivity contribution in [3.63, 3.8) is 0 Å². The molecule has 1 aromatic rings. The molecule has 2 heterocycles. The summed E-state index contributed by atoms with van der Waals surface area (Å²) in [6, 6.07) is 3.55. The molecule has 0 atom stereocenters. The Morgan fingerprint density at radius 3 is 2.76 bits per heavy atom. The van der Waals surface area contributed by atoms with Crippen LogP contribution in [0.25, 0.3) is 0 Å². The number of nitrogens with two attached hydrogens (primary N) is 1. The van der Waals surface area contributed by atoms with E-state index in [0.717, 1.165) is 37.9 Å². The van der Waals surface area contributed by atoms with Crippen LogP contribution in [0.5, 0.6) is 0 Å². The molecule has 0 aliphatic carbocycles. The molecule has 1 saturated heterocycles. The summed E-state index contributed by atoms with van der Waals surface area (Å²) in [5.41, 5.74) is 6.41. The van der Waals surface area contributed by atoms with E-state index >= 15 is 0 Å². The van der Waals surface area contributed by atoms with Crippen molar-refractivity contribution in [1.82, 2.24) is 4.98 Å². The maximum absolute atomic E-state index is 11.0. The summed E-state index contributed by atoms with van der Waals surface area (Å²) >= 11 is 0. The van der Waals surface area contributed by atoms with Gasteiger partial charge in [0.05, 0.1) is 0 Å². The van der Waals surface area contributed by atoms with Gasteiger partial charge in [-0.05, 0) is 25.0 Å². The maximum atomic E-state index is 11.0. The Balaban J connectivity index is 2.10. The van der Waals surface area contributed by atoms with E-state index in [9.17, 15) is 9.59 Å². The van der Waals surface area contributed by atoms with Crippen molar-refractivity contribution in [3.05, 3.63) is 24.0 Å². The van der Waals surface area contributed by atoms with Gasteiger partial charge in [0, 0.05) is 30.9 Å². The number of pyridine rings is 1. The van der Waals surface area contributed by atoms with Crippen LogP contribution in [0, 0.1) is 5.92 Å². The SMILES string of the molecule is NC(=O)c1cc(N2CCC(C=O)CC2)ccn1. The van der Waals surface area contributed by atoms with E-state index in [2.05, 4.69) is 9.88 Å². The number of carbonyl (C=O) groups excluding carboxylic acids is 2. The average molecular weight is 233 g/mol. The average Bonchev–Trinajstić information content (AvgIpc) is 2.39. The van der Waals surface area contributed by atoms with Gasteiger partial charge in [-0.1, -0.05) is 0 Å². The lowest BCUT2D eigenvalue weighted by molar-refractivity contribution is -0.111. The Morgan fingerprint density at radius 1 is 1.47 bits per heavy atom. The lowest BCUT2D eigenvalue weighted by atomic mass is 9.98. The zero-order chi connectivity index (χ0) is 12.3. The van der Waals surface area contributed by atoms with E-state index in [1.54, 1.807) is 12.3 Å². The largest absolute Gasteiger partial charge is 0.371 e. The number of aldehydes is 1. The molecule has 0 aromatic carbocycles. The van der Waals surface area contributed by atoms with E-state index in [4.69, 9.17) is 5.73 Å². The van der Waals surface area contributed by atoms with Gasteiger partial charge in [-0.15, -0.1) is 0 Å². The third-order valence-corrected chi connectivity index (χ3v) is 3.09. The van der Waals surface area contributed by atoms with Crippen LogP contribution >= 0.6 is 0 Å². The monoisotopic (exact) mass is 233 g/mol. The number of aromatic nitrogens is 1. The molecule has 2 N–H and O–H groups in total. The van der Waals surface area contributed by atoms with Crippen molar-refractivity contribution in [2.24, 2.45) is 11.7 Å². The first-order chi connectivity index (χ1) is 8.20. The molecule has 17 heavy (non-hydrogen) atoms. The molecule has 0 radical (unpaired) electrons. The van der Waals surface area contributed by atoms with E-state index in [-0.39, 0.29) is 11.6 Å². The molecule has 1 aromatic heterocycles. The van der Waals surface area contributed by atoms with Crippen molar-refractivity contribution in [1.29, 1.82) is 0 Å². The van der Waals surface area contributed by atoms with Crippen molar-refractivity contribution in [2.45, 2.75) is 12.8 Å². The number of hydrogen-bond donors (Lipinski definition) is 1. The molecule has 1 aliphatic rings. The van der Waals surface area contributed by atoms with Crippen molar-refractivity contribution in [3.8, 4) is 0 Å². The molecule has 0 unspecified atom stereocenters. The Kier molecular flexibility index (Phi) is 3.37. The van der Waals surface area contributed by atoms with Crippen LogP contribution in [0.2, 0.25) is 0 Å². The standard InChI is InChI=1S/C12H15N3O2/c13-12(17)11-7-10(1-4-14-11)15-5-2-9(8-16)3-6-15/h1,4,7-9H,2-3,5-6H2,(H2,13,17). The number of anilines is 1. The summed E-state index contributed by atoms with van der Waals surface area (Å²) < 4.78 is 0. The van der Waals surface area contributed by atoms with Crippen LogP contribution in [0.1, 0.15) is 23.3 Å². The van der Waals surface area contributed by atoms with Crippen molar-refractivity contribution >= 4 is 17.9 Å². The Hall–Kier alpha value is -1.91. The second kappa shape index (κ2) is 4.95. The summed E-state index contributed by atoms with van der Waals surface area (Å²) in [5, 5.41) is 0. The zero-order valence-corrected chi connectivity index (χ0v) is 9.50. The van der Waals surface area contributed by atoms with E-state index in [1.165, 1.54) is 0 Å². The van der Waals surface area contributed by atoms with Gasteiger partial charge in [-0.2, -0.15) is 0 Å². The summed E-state index contributed by atoms with van der Waals surface area (Å²) in [4.78, 5) is 27.7. The van der Waals surface area contributed by atoms with Gasteiger partial charge in [0.25, 0.3) is 5.91 Å². The molecule has 2 rings (SSSR count). The lowest BCUT2D eigenvalue weighted by Crippen LogP contribution is -2.34. The van der Waals surface area contributed by atoms with Gasteiger partial charge in [0.1, 0.15) is 12.0 Å². The predicted molar refractivity (Wildman–Crippen MR) is 63.8 cm³/mol. The Bertz CT molecular complexity index is 426. The van der Waals surface area contributed by atoms with Gasteiger partial charge >= 0.3 is 0 Å². The highest BCUT2D eigenvalue weighted by Gasteiger charge is 2.19. The Labute approximate surface area is 99.6 Å². The highest BCUT2D eigenvalue weighted by molar-refractivity contribution is 5.91. The van der Waals surface area contributed by atoms with Crippen molar-refractivity contribution in [2.75, 3.05) is 18.0 Å². The molecule has 1 aliphatic heterocycles. The number of hydrogen-bond acceptors (Lipinski definition) is 4. The zero-order valence-electron chi connectivity index (χ0n) is 9.50. The fourth-order valence-corrected chi connectivity index (χ4v) is 2.04. The minimum absolute atomic E-state index is 0.170. The lowest BCUT2D eigenvalue weighted by Gasteiger charge is -2.31. The number of rotatable bonds is 3. The number of amides is 1. The summed E-state index contributed by atoms with van der Waals surface area (Å²) in [6.07, 6.45) is 4.33. The second-order valence-electron chi connectivity index (χ2n) is 4.22. The van der Waals surface area contributed by atoms with Crippen LogP contribution in [-0.4, -0.2) is 30.3 Å². The third-order valence-electron chi connectivity index (χ3n) is 3.09. The van der Waals surface area contributed by atoms with Crippen LogP contribution in [0.3, 0.4) is 0 Å². The van der Waals surface area contributed by atoms with Crippen LogP contribution in [0.4, 0.5) is 5.69 Å². The van der Waals surface area contributed by atoms with Crippen LogP contribution < -0.4 is 10.6 Å². The number of piperidine rings is 1. The number of nitrogens with zero attached hydrogens (tertiary/aromatic N) is 2. The molecule has 0 bridgehead atoms. The molecule has 90 valence electrons. The quantitative estimate of drug-likeness (QED) is 0.775. The predicted octanol–water partition coefficient (Wildman–Crippen LogP) is 0.596. The van der Waals surface area contributed by atoms with Crippen LogP contribution in [0.15, 0.2) is 18.3 Å². The highest BCUT2D eigenvalue weighted by atomic mass is 16.1. The van der Waals surface area contributed by atoms with E-state index < -0.39 is 5.91 Å². The fourth-order valence-electron chi connectivity index (χ4n) is 2.04. The highest BCUT2D eigenvalue weighted by Crippen LogP contribution is 2.22. The molecule has 1 amide bonds.